The first-order valence-corrected chi connectivity index (χ1v) is 6.46. The molecule has 0 aliphatic heterocycles. The van der Waals surface area contributed by atoms with Crippen LogP contribution in [0.2, 0.25) is 0 Å². The van der Waals surface area contributed by atoms with Crippen LogP contribution in [0.3, 0.4) is 0 Å². The molecule has 0 heterocycles. The standard InChI is InChI=1S/C9H11NO2.C4H6O2.C2H2Cl2/c1-7(6-10)4-5-8(2)9(11)12-3;1-3(2)4(5)6;1-2(3)4/h4H,2,5H2,1,3H3;1H2,2H3,(H,5,6);1H2. The van der Waals surface area contributed by atoms with Gasteiger partial charge in [-0.3, -0.25) is 0 Å². The highest BCUT2D eigenvalue weighted by molar-refractivity contribution is 6.55. The number of nitrogens with zero attached hydrogens (tertiary/aromatic N) is 1. The lowest BCUT2D eigenvalue weighted by Crippen LogP contribution is -2.02. The number of carboxylic acids is 1. The van der Waals surface area contributed by atoms with Gasteiger partial charge in [-0.1, -0.05) is 49.0 Å². The Morgan fingerprint density at radius 3 is 1.86 bits per heavy atom. The van der Waals surface area contributed by atoms with Gasteiger partial charge in [0.05, 0.1) is 17.7 Å². The molecule has 0 fully saturated rings. The third-order valence-electron chi connectivity index (χ3n) is 1.67. The van der Waals surface area contributed by atoms with Crippen LogP contribution in [-0.2, 0) is 14.3 Å². The maximum absolute atomic E-state index is 10.8. The number of esters is 1. The fourth-order valence-electron chi connectivity index (χ4n) is 0.550. The normalized spacial score (nSPS) is 8.82. The summed E-state index contributed by atoms with van der Waals surface area (Å²) < 4.78 is 4.54. The second-order valence-corrected chi connectivity index (χ2v) is 4.83. The van der Waals surface area contributed by atoms with E-state index in [-0.39, 0.29) is 10.1 Å². The maximum Gasteiger partial charge on any atom is 0.333 e. The second kappa shape index (κ2) is 15.4. The first-order chi connectivity index (χ1) is 9.99. The highest BCUT2D eigenvalue weighted by Crippen LogP contribution is 2.03. The van der Waals surface area contributed by atoms with Gasteiger partial charge in [-0.2, -0.15) is 5.26 Å². The van der Waals surface area contributed by atoms with Crippen LogP contribution in [0.4, 0.5) is 0 Å². The summed E-state index contributed by atoms with van der Waals surface area (Å²) in [6.45, 7) is 12.9. The lowest BCUT2D eigenvalue weighted by Gasteiger charge is -1.98. The topological polar surface area (TPSA) is 87.4 Å². The molecule has 0 rings (SSSR count). The van der Waals surface area contributed by atoms with E-state index in [4.69, 9.17) is 33.6 Å². The van der Waals surface area contributed by atoms with Crippen LogP contribution >= 0.6 is 23.2 Å². The number of aliphatic carboxylic acids is 1. The van der Waals surface area contributed by atoms with Crippen molar-refractivity contribution in [3.05, 3.63) is 47.0 Å². The fraction of sp³-hybridized carbons (Fsp3) is 0.267. The van der Waals surface area contributed by atoms with E-state index < -0.39 is 11.9 Å². The summed E-state index contributed by atoms with van der Waals surface area (Å²) in [5, 5.41) is 16.3. The van der Waals surface area contributed by atoms with Crippen LogP contribution in [-0.4, -0.2) is 24.2 Å². The van der Waals surface area contributed by atoms with Gasteiger partial charge < -0.3 is 9.84 Å². The van der Waals surface area contributed by atoms with Gasteiger partial charge in [-0.05, 0) is 20.3 Å². The summed E-state index contributed by atoms with van der Waals surface area (Å²) in [6.07, 6.45) is 2.01. The minimum absolute atomic E-state index is 0.111. The number of rotatable bonds is 4. The van der Waals surface area contributed by atoms with Crippen LogP contribution in [0, 0.1) is 11.3 Å². The summed E-state index contributed by atoms with van der Waals surface area (Å²) in [5.74, 6) is -1.37. The molecule has 0 saturated carbocycles. The van der Waals surface area contributed by atoms with Crippen LogP contribution in [0.1, 0.15) is 20.3 Å². The van der Waals surface area contributed by atoms with E-state index in [1.54, 1.807) is 13.0 Å². The predicted molar refractivity (Wildman–Crippen MR) is 88.4 cm³/mol. The number of allylic oxidation sites excluding steroid dienone is 2. The number of halogens is 2. The summed E-state index contributed by atoms with van der Waals surface area (Å²) in [4.78, 5) is 20.4. The first-order valence-electron chi connectivity index (χ1n) is 5.71. The molecule has 0 saturated heterocycles. The van der Waals surface area contributed by atoms with Crippen molar-refractivity contribution < 1.29 is 19.4 Å². The molecule has 0 amide bonds. The van der Waals surface area contributed by atoms with Crippen molar-refractivity contribution in [2.75, 3.05) is 7.11 Å². The molecule has 1 N–H and O–H groups in total. The quantitative estimate of drug-likeness (QED) is 0.468. The Balaban J connectivity index is -0.000000300. The molecule has 0 aliphatic rings. The van der Waals surface area contributed by atoms with E-state index in [0.29, 0.717) is 17.6 Å². The molecule has 122 valence electrons. The van der Waals surface area contributed by atoms with Gasteiger partial charge in [-0.25, -0.2) is 9.59 Å². The van der Waals surface area contributed by atoms with Crippen molar-refractivity contribution in [3.8, 4) is 6.07 Å². The number of carbonyl (C=O) groups excluding carboxylic acids is 1. The van der Waals surface area contributed by atoms with E-state index in [9.17, 15) is 9.59 Å². The van der Waals surface area contributed by atoms with Gasteiger partial charge in [-0.15, -0.1) is 0 Å². The molecule has 0 spiro atoms. The molecule has 0 aliphatic carbocycles. The van der Waals surface area contributed by atoms with Crippen molar-refractivity contribution in [3.63, 3.8) is 0 Å². The van der Waals surface area contributed by atoms with E-state index >= 15 is 0 Å². The summed E-state index contributed by atoms with van der Waals surface area (Å²) in [6, 6.07) is 1.95. The molecule has 0 aromatic rings. The number of hydrogen-bond acceptors (Lipinski definition) is 4. The summed E-state index contributed by atoms with van der Waals surface area (Å²) in [7, 11) is 1.30. The monoisotopic (exact) mass is 347 g/mol. The van der Waals surface area contributed by atoms with Crippen molar-refractivity contribution in [2.24, 2.45) is 0 Å². The number of hydrogen-bond donors (Lipinski definition) is 1. The number of carboxylic acid groups (broad SMARTS) is 1. The molecular weight excluding hydrogens is 329 g/mol. The van der Waals surface area contributed by atoms with Crippen molar-refractivity contribution in [2.45, 2.75) is 20.3 Å². The Kier molecular flexibility index (Phi) is 17.4. The zero-order chi connectivity index (χ0) is 18.3. The van der Waals surface area contributed by atoms with Gasteiger partial charge in [0.25, 0.3) is 0 Å². The number of methoxy groups -OCH3 is 1. The molecule has 5 nitrogen and oxygen atoms in total. The first kappa shape index (κ1) is 25.0. The molecule has 0 aromatic carbocycles. The Bertz CT molecular complexity index is 486. The van der Waals surface area contributed by atoms with Crippen LogP contribution in [0.25, 0.3) is 0 Å². The van der Waals surface area contributed by atoms with E-state index in [0.717, 1.165) is 0 Å². The molecule has 22 heavy (non-hydrogen) atoms. The largest absolute Gasteiger partial charge is 0.478 e. The van der Waals surface area contributed by atoms with E-state index in [1.807, 2.05) is 6.07 Å². The smallest absolute Gasteiger partial charge is 0.333 e. The fourth-order valence-corrected chi connectivity index (χ4v) is 0.550. The zero-order valence-corrected chi connectivity index (χ0v) is 14.3. The molecular formula is C15H19Cl2NO4. The van der Waals surface area contributed by atoms with Gasteiger partial charge in [0.15, 0.2) is 0 Å². The van der Waals surface area contributed by atoms with Gasteiger partial charge in [0.2, 0.25) is 0 Å². The Morgan fingerprint density at radius 1 is 1.27 bits per heavy atom. The maximum atomic E-state index is 10.8. The lowest BCUT2D eigenvalue weighted by molar-refractivity contribution is -0.136. The minimum atomic E-state index is -0.935. The second-order valence-electron chi connectivity index (χ2n) is 3.72. The zero-order valence-electron chi connectivity index (χ0n) is 12.8. The molecule has 0 atom stereocenters. The highest BCUT2D eigenvalue weighted by atomic mass is 35.5. The third kappa shape index (κ3) is 23.1. The molecule has 0 bridgehead atoms. The Hall–Kier alpha value is -2.03. The number of carbonyl (C=O) groups is 2. The Labute approximate surface area is 140 Å². The average Bonchev–Trinajstić information content (AvgIpc) is 2.43. The molecule has 0 radical (unpaired) electrons. The molecule has 7 heteroatoms. The van der Waals surface area contributed by atoms with Gasteiger partial charge in [0.1, 0.15) is 0 Å². The van der Waals surface area contributed by atoms with Crippen molar-refractivity contribution >= 4 is 35.1 Å². The lowest BCUT2D eigenvalue weighted by atomic mass is 10.1. The van der Waals surface area contributed by atoms with E-state index in [1.165, 1.54) is 14.0 Å². The minimum Gasteiger partial charge on any atom is -0.478 e. The van der Waals surface area contributed by atoms with Gasteiger partial charge in [0, 0.05) is 16.7 Å². The SMILES string of the molecule is C=C(C)C(=O)O.C=C(CC=C(C)C#N)C(=O)OC.C=C(Cl)Cl. The number of ether oxygens (including phenoxy) is 1. The average molecular weight is 348 g/mol. The van der Waals surface area contributed by atoms with Crippen LogP contribution < -0.4 is 0 Å². The predicted octanol–water partition coefficient (Wildman–Crippen LogP) is 4.16. The van der Waals surface area contributed by atoms with Crippen molar-refractivity contribution in [1.82, 2.24) is 0 Å². The summed E-state index contributed by atoms with van der Waals surface area (Å²) in [5.41, 5.74) is 1.10. The van der Waals surface area contributed by atoms with Crippen molar-refractivity contribution in [1.29, 1.82) is 5.26 Å². The molecule has 0 aromatic heterocycles. The van der Waals surface area contributed by atoms with Gasteiger partial charge >= 0.3 is 11.9 Å². The Morgan fingerprint density at radius 2 is 1.64 bits per heavy atom. The van der Waals surface area contributed by atoms with Crippen LogP contribution in [0.15, 0.2) is 47.0 Å². The van der Waals surface area contributed by atoms with Crippen LogP contribution in [0.5, 0.6) is 0 Å². The highest BCUT2D eigenvalue weighted by Gasteiger charge is 2.03. The van der Waals surface area contributed by atoms with E-state index in [2.05, 4.69) is 24.5 Å². The number of nitriles is 1. The summed E-state index contributed by atoms with van der Waals surface area (Å²) >= 11 is 9.69. The molecule has 0 unspecified atom stereocenters. The third-order valence-corrected chi connectivity index (χ3v) is 1.67.